The minimum atomic E-state index is -1.06. The maximum absolute atomic E-state index is 13.6. The zero-order valence-electron chi connectivity index (χ0n) is 16.2. The number of rotatable bonds is 4. The summed E-state index contributed by atoms with van der Waals surface area (Å²) in [4.78, 5) is 16.3. The Morgan fingerprint density at radius 1 is 1.06 bits per heavy atom. The number of aromatic nitrogens is 1. The summed E-state index contributed by atoms with van der Waals surface area (Å²) in [6, 6.07) is 16.1. The lowest BCUT2D eigenvalue weighted by atomic mass is 10.2. The van der Waals surface area contributed by atoms with Crippen LogP contribution in [0, 0.1) is 11.6 Å². The number of hydrogen-bond acceptors (Lipinski definition) is 4. The van der Waals surface area contributed by atoms with Crippen LogP contribution in [0.4, 0.5) is 14.5 Å². The summed E-state index contributed by atoms with van der Waals surface area (Å²) in [6.45, 7) is 0. The third-order valence-electron chi connectivity index (χ3n) is 4.35. The Balaban J connectivity index is 1.46. The van der Waals surface area contributed by atoms with Crippen LogP contribution >= 0.6 is 23.8 Å². The van der Waals surface area contributed by atoms with E-state index < -0.39 is 11.6 Å². The number of carbonyl (C=O) groups is 1. The van der Waals surface area contributed by atoms with E-state index in [2.05, 4.69) is 15.6 Å². The molecule has 9 heteroatoms. The first-order valence-electron chi connectivity index (χ1n) is 9.29. The third kappa shape index (κ3) is 4.99. The van der Waals surface area contributed by atoms with E-state index in [4.69, 9.17) is 28.2 Å². The molecule has 0 bridgehead atoms. The molecule has 32 heavy (non-hydrogen) atoms. The first-order chi connectivity index (χ1) is 15.4. The summed E-state index contributed by atoms with van der Waals surface area (Å²) >= 11 is 11.2. The summed E-state index contributed by atoms with van der Waals surface area (Å²) in [7, 11) is 0. The highest BCUT2D eigenvalue weighted by atomic mass is 35.5. The fraction of sp³-hybridized carbons (Fsp3) is 0. The molecular weight excluding hydrogens is 456 g/mol. The predicted octanol–water partition coefficient (Wildman–Crippen LogP) is 5.95. The molecule has 160 valence electrons. The van der Waals surface area contributed by atoms with Crippen LogP contribution in [0.25, 0.3) is 28.6 Å². The Morgan fingerprint density at radius 3 is 2.59 bits per heavy atom. The summed E-state index contributed by atoms with van der Waals surface area (Å²) in [5.74, 6) is -2.46. The molecule has 3 aromatic carbocycles. The largest absolute Gasteiger partial charge is 0.436 e. The van der Waals surface area contributed by atoms with Crippen molar-refractivity contribution in [2.75, 3.05) is 5.32 Å². The Kier molecular flexibility index (Phi) is 6.25. The van der Waals surface area contributed by atoms with Gasteiger partial charge in [-0.15, -0.1) is 0 Å². The van der Waals surface area contributed by atoms with E-state index >= 15 is 0 Å². The number of fused-ring (bicyclic) bond motifs is 1. The smallest absolute Gasteiger partial charge is 0.250 e. The number of thiocarbonyl (C=S) groups is 1. The molecule has 0 aliphatic heterocycles. The molecule has 0 spiro atoms. The van der Waals surface area contributed by atoms with Crippen molar-refractivity contribution in [3.05, 3.63) is 89.0 Å². The quantitative estimate of drug-likeness (QED) is 0.219. The summed E-state index contributed by atoms with van der Waals surface area (Å²) < 4.78 is 32.5. The average Bonchev–Trinajstić information content (AvgIpc) is 3.18. The van der Waals surface area contributed by atoms with Gasteiger partial charge in [0, 0.05) is 11.8 Å². The second-order valence-electron chi connectivity index (χ2n) is 6.64. The van der Waals surface area contributed by atoms with Crippen LogP contribution in [-0.4, -0.2) is 16.0 Å². The number of hydrogen-bond donors (Lipinski definition) is 2. The van der Waals surface area contributed by atoms with Crippen molar-refractivity contribution in [3.8, 4) is 11.5 Å². The van der Waals surface area contributed by atoms with Gasteiger partial charge in [-0.05, 0) is 54.2 Å². The van der Waals surface area contributed by atoms with Gasteiger partial charge in [0.05, 0.1) is 10.6 Å². The zero-order chi connectivity index (χ0) is 22.7. The number of benzene rings is 3. The van der Waals surface area contributed by atoms with Gasteiger partial charge in [-0.3, -0.25) is 10.1 Å². The molecule has 0 aliphatic carbocycles. The van der Waals surface area contributed by atoms with Crippen LogP contribution in [-0.2, 0) is 4.79 Å². The number of amides is 1. The normalized spacial score (nSPS) is 11.1. The lowest BCUT2D eigenvalue weighted by molar-refractivity contribution is -0.115. The maximum atomic E-state index is 13.6. The molecule has 0 aliphatic rings. The van der Waals surface area contributed by atoms with Crippen LogP contribution in [0.5, 0.6) is 0 Å². The van der Waals surface area contributed by atoms with E-state index in [0.717, 1.165) is 17.7 Å². The lowest BCUT2D eigenvalue weighted by Gasteiger charge is -2.07. The molecule has 5 nitrogen and oxygen atoms in total. The number of nitrogens with one attached hydrogen (secondary N) is 2. The zero-order valence-corrected chi connectivity index (χ0v) is 17.8. The number of oxazole rings is 1. The molecule has 0 unspecified atom stereocenters. The van der Waals surface area contributed by atoms with Crippen LogP contribution in [0.1, 0.15) is 5.56 Å². The molecule has 0 radical (unpaired) electrons. The average molecular weight is 470 g/mol. The van der Waals surface area contributed by atoms with Crippen molar-refractivity contribution >= 4 is 57.7 Å². The number of halogens is 3. The van der Waals surface area contributed by atoms with Gasteiger partial charge in [0.2, 0.25) is 11.8 Å². The lowest BCUT2D eigenvalue weighted by Crippen LogP contribution is -2.32. The summed E-state index contributed by atoms with van der Waals surface area (Å²) in [5, 5.41) is 5.51. The Hall–Kier alpha value is -3.62. The highest BCUT2D eigenvalue weighted by Gasteiger charge is 2.16. The van der Waals surface area contributed by atoms with Crippen molar-refractivity contribution in [1.82, 2.24) is 10.3 Å². The molecule has 1 amide bonds. The fourth-order valence-electron chi connectivity index (χ4n) is 2.86. The standard InChI is InChI=1S/C23H14ClF2N3O2S/c24-16-12-18(26)17(25)11-15(16)22-28-19-10-14(7-8-20(19)31-22)27-23(32)29-21(30)9-6-13-4-2-1-3-5-13/h1-12H,(H2,27,29,30,32). The van der Waals surface area contributed by atoms with Crippen LogP contribution in [0.3, 0.4) is 0 Å². The number of carbonyl (C=O) groups excluding carboxylic acids is 1. The molecule has 4 aromatic rings. The molecular formula is C23H14ClF2N3O2S. The molecule has 0 atom stereocenters. The first kappa shape index (κ1) is 21.6. The van der Waals surface area contributed by atoms with E-state index in [1.54, 1.807) is 24.3 Å². The van der Waals surface area contributed by atoms with E-state index in [1.165, 1.54) is 6.08 Å². The molecule has 1 aromatic heterocycles. The van der Waals surface area contributed by atoms with Gasteiger partial charge < -0.3 is 9.73 Å². The second-order valence-corrected chi connectivity index (χ2v) is 7.45. The molecule has 2 N–H and O–H groups in total. The van der Waals surface area contributed by atoms with Gasteiger partial charge in [-0.25, -0.2) is 13.8 Å². The molecule has 1 heterocycles. The van der Waals surface area contributed by atoms with Gasteiger partial charge >= 0.3 is 0 Å². The maximum Gasteiger partial charge on any atom is 0.250 e. The highest BCUT2D eigenvalue weighted by molar-refractivity contribution is 7.80. The molecule has 0 saturated heterocycles. The van der Waals surface area contributed by atoms with Crippen LogP contribution < -0.4 is 10.6 Å². The predicted molar refractivity (Wildman–Crippen MR) is 124 cm³/mol. The minimum absolute atomic E-state index is 0.0266. The van der Waals surface area contributed by atoms with E-state index in [1.807, 2.05) is 30.3 Å². The van der Waals surface area contributed by atoms with Crippen molar-refractivity contribution in [2.45, 2.75) is 0 Å². The molecule has 0 fully saturated rings. The third-order valence-corrected chi connectivity index (χ3v) is 4.87. The highest BCUT2D eigenvalue weighted by Crippen LogP contribution is 2.32. The minimum Gasteiger partial charge on any atom is -0.436 e. The number of nitrogens with zero attached hydrogens (tertiary/aromatic N) is 1. The SMILES string of the molecule is O=C(C=Cc1ccccc1)NC(=S)Nc1ccc2oc(-c3cc(F)c(F)cc3Cl)nc2c1. The molecule has 4 rings (SSSR count). The fourth-order valence-corrected chi connectivity index (χ4v) is 3.31. The van der Waals surface area contributed by atoms with Gasteiger partial charge in [-0.1, -0.05) is 41.9 Å². The first-order valence-corrected chi connectivity index (χ1v) is 10.1. The van der Waals surface area contributed by atoms with E-state index in [0.29, 0.717) is 16.8 Å². The summed E-state index contributed by atoms with van der Waals surface area (Å²) in [5.41, 5.74) is 2.40. The van der Waals surface area contributed by atoms with Crippen molar-refractivity contribution in [1.29, 1.82) is 0 Å². The van der Waals surface area contributed by atoms with Crippen molar-refractivity contribution in [3.63, 3.8) is 0 Å². The number of anilines is 1. The second kappa shape index (κ2) is 9.25. The van der Waals surface area contributed by atoms with Crippen LogP contribution in [0.15, 0.2) is 71.2 Å². The van der Waals surface area contributed by atoms with E-state index in [9.17, 15) is 13.6 Å². The topological polar surface area (TPSA) is 67.2 Å². The Morgan fingerprint density at radius 2 is 1.81 bits per heavy atom. The van der Waals surface area contributed by atoms with Gasteiger partial charge in [0.15, 0.2) is 22.3 Å². The Bertz CT molecular complexity index is 1360. The van der Waals surface area contributed by atoms with Gasteiger partial charge in [-0.2, -0.15) is 0 Å². The van der Waals surface area contributed by atoms with Gasteiger partial charge in [0.25, 0.3) is 0 Å². The summed E-state index contributed by atoms with van der Waals surface area (Å²) in [6.07, 6.45) is 3.05. The van der Waals surface area contributed by atoms with Crippen LogP contribution in [0.2, 0.25) is 5.02 Å². The van der Waals surface area contributed by atoms with Crippen molar-refractivity contribution < 1.29 is 18.0 Å². The van der Waals surface area contributed by atoms with Gasteiger partial charge in [0.1, 0.15) is 5.52 Å². The molecule has 0 saturated carbocycles. The van der Waals surface area contributed by atoms with Crippen molar-refractivity contribution in [2.24, 2.45) is 0 Å². The van der Waals surface area contributed by atoms with E-state index in [-0.39, 0.29) is 27.5 Å². The monoisotopic (exact) mass is 469 g/mol. The Labute approximate surface area is 191 Å².